The van der Waals surface area contributed by atoms with E-state index >= 15 is 0 Å². The van der Waals surface area contributed by atoms with Crippen molar-refractivity contribution in [3.63, 3.8) is 0 Å². The number of nitriles is 1. The molecule has 0 amide bonds. The van der Waals surface area contributed by atoms with E-state index in [9.17, 15) is 0 Å². The lowest BCUT2D eigenvalue weighted by Crippen LogP contribution is -2.26. The zero-order chi connectivity index (χ0) is 13.5. The third kappa shape index (κ3) is 1.68. The Balaban J connectivity index is 1.92. The molecule has 1 aromatic heterocycles. The van der Waals surface area contributed by atoms with Gasteiger partial charge >= 0.3 is 0 Å². The van der Waals surface area contributed by atoms with Gasteiger partial charge in [-0.25, -0.2) is 0 Å². The molecule has 102 valence electrons. The number of benzene rings is 1. The fourth-order valence-electron chi connectivity index (χ4n) is 3.94. The Morgan fingerprint density at radius 3 is 2.95 bits per heavy atom. The van der Waals surface area contributed by atoms with Crippen molar-refractivity contribution in [1.29, 1.82) is 5.26 Å². The van der Waals surface area contributed by atoms with Gasteiger partial charge in [-0.1, -0.05) is 18.2 Å². The van der Waals surface area contributed by atoms with Crippen LogP contribution in [0.15, 0.2) is 18.2 Å². The van der Waals surface area contributed by atoms with Crippen LogP contribution in [0.4, 0.5) is 0 Å². The standard InChI is InChI=1S/C17H19N3/c18-8-9-19-10-11-20-16-7-2-1-5-14(16)15-6-3-4-13(12-19)17(15)20/h3-4,6H,1-2,5,7,9-12H2. The highest BCUT2D eigenvalue weighted by molar-refractivity contribution is 5.88. The topological polar surface area (TPSA) is 32.0 Å². The molecule has 1 aliphatic carbocycles. The summed E-state index contributed by atoms with van der Waals surface area (Å²) in [6.07, 6.45) is 5.11. The van der Waals surface area contributed by atoms with Crippen LogP contribution in [-0.4, -0.2) is 22.6 Å². The predicted octanol–water partition coefficient (Wildman–Crippen LogP) is 2.86. The van der Waals surface area contributed by atoms with Crippen LogP contribution >= 0.6 is 0 Å². The van der Waals surface area contributed by atoms with Gasteiger partial charge in [0.25, 0.3) is 0 Å². The first kappa shape index (κ1) is 12.0. The zero-order valence-corrected chi connectivity index (χ0v) is 11.7. The quantitative estimate of drug-likeness (QED) is 0.743. The molecule has 2 heterocycles. The van der Waals surface area contributed by atoms with Gasteiger partial charge in [-0.05, 0) is 36.8 Å². The van der Waals surface area contributed by atoms with Crippen molar-refractivity contribution in [3.05, 3.63) is 35.0 Å². The minimum atomic E-state index is 0.531. The molecule has 0 atom stereocenters. The number of nitrogens with zero attached hydrogens (tertiary/aromatic N) is 3. The second-order valence-electron chi connectivity index (χ2n) is 5.97. The van der Waals surface area contributed by atoms with E-state index < -0.39 is 0 Å². The largest absolute Gasteiger partial charge is 0.343 e. The summed E-state index contributed by atoms with van der Waals surface area (Å²) in [5, 5.41) is 10.4. The fourth-order valence-corrected chi connectivity index (χ4v) is 3.94. The van der Waals surface area contributed by atoms with E-state index in [0.29, 0.717) is 6.54 Å². The second kappa shape index (κ2) is 4.64. The maximum absolute atomic E-state index is 8.97. The Morgan fingerprint density at radius 2 is 2.05 bits per heavy atom. The van der Waals surface area contributed by atoms with Crippen LogP contribution in [-0.2, 0) is 25.9 Å². The van der Waals surface area contributed by atoms with Crippen molar-refractivity contribution in [2.45, 2.75) is 38.8 Å². The Labute approximate surface area is 119 Å². The van der Waals surface area contributed by atoms with Crippen LogP contribution in [0.1, 0.15) is 29.7 Å². The van der Waals surface area contributed by atoms with Crippen LogP contribution in [0.2, 0.25) is 0 Å². The molecule has 0 spiro atoms. The van der Waals surface area contributed by atoms with Crippen molar-refractivity contribution in [3.8, 4) is 6.07 Å². The van der Waals surface area contributed by atoms with Gasteiger partial charge in [-0.3, -0.25) is 4.90 Å². The molecular formula is C17H19N3. The van der Waals surface area contributed by atoms with E-state index in [2.05, 4.69) is 33.7 Å². The molecule has 4 rings (SSSR count). The molecule has 0 radical (unpaired) electrons. The van der Waals surface area contributed by atoms with Gasteiger partial charge in [-0.2, -0.15) is 5.26 Å². The van der Waals surface area contributed by atoms with Gasteiger partial charge in [0, 0.05) is 30.7 Å². The number of hydrogen-bond donors (Lipinski definition) is 0. The van der Waals surface area contributed by atoms with Crippen LogP contribution < -0.4 is 0 Å². The molecule has 0 unspecified atom stereocenters. The Kier molecular flexibility index (Phi) is 2.78. The summed E-state index contributed by atoms with van der Waals surface area (Å²) < 4.78 is 2.55. The van der Waals surface area contributed by atoms with E-state index in [4.69, 9.17) is 5.26 Å². The lowest BCUT2D eigenvalue weighted by atomic mass is 9.95. The highest BCUT2D eigenvalue weighted by atomic mass is 15.2. The Bertz CT molecular complexity index is 705. The highest BCUT2D eigenvalue weighted by Gasteiger charge is 2.24. The van der Waals surface area contributed by atoms with Crippen LogP contribution in [0.3, 0.4) is 0 Å². The van der Waals surface area contributed by atoms with E-state index in [-0.39, 0.29) is 0 Å². The molecular weight excluding hydrogens is 246 g/mol. The molecule has 3 nitrogen and oxygen atoms in total. The maximum atomic E-state index is 8.97. The third-order valence-corrected chi connectivity index (χ3v) is 4.81. The van der Waals surface area contributed by atoms with E-state index in [1.807, 2.05) is 0 Å². The number of aryl methyl sites for hydroxylation is 1. The molecule has 3 heteroatoms. The lowest BCUT2D eigenvalue weighted by Gasteiger charge is -2.18. The highest BCUT2D eigenvalue weighted by Crippen LogP contribution is 2.35. The number of aromatic nitrogens is 1. The van der Waals surface area contributed by atoms with Gasteiger partial charge in [0.05, 0.1) is 18.1 Å². The molecule has 1 aromatic carbocycles. The normalized spacial score (nSPS) is 18.6. The minimum absolute atomic E-state index is 0.531. The maximum Gasteiger partial charge on any atom is 0.0869 e. The van der Waals surface area contributed by atoms with Crippen molar-refractivity contribution in [2.24, 2.45) is 0 Å². The number of fused-ring (bicyclic) bond motifs is 3. The van der Waals surface area contributed by atoms with E-state index in [1.54, 1.807) is 11.3 Å². The molecule has 0 saturated heterocycles. The van der Waals surface area contributed by atoms with Crippen LogP contribution in [0, 0.1) is 11.3 Å². The van der Waals surface area contributed by atoms with E-state index in [0.717, 1.165) is 19.6 Å². The monoisotopic (exact) mass is 265 g/mol. The smallest absolute Gasteiger partial charge is 0.0869 e. The van der Waals surface area contributed by atoms with Gasteiger partial charge in [0.1, 0.15) is 0 Å². The van der Waals surface area contributed by atoms with Gasteiger partial charge in [0.2, 0.25) is 0 Å². The van der Waals surface area contributed by atoms with Crippen molar-refractivity contribution >= 4 is 10.9 Å². The SMILES string of the molecule is N#CCN1CCn2c3c(c4cccc(c42)C1)CCCC3. The first-order chi connectivity index (χ1) is 9.88. The number of rotatable bonds is 1. The van der Waals surface area contributed by atoms with Crippen molar-refractivity contribution in [2.75, 3.05) is 13.1 Å². The van der Waals surface area contributed by atoms with Crippen LogP contribution in [0.25, 0.3) is 10.9 Å². The minimum Gasteiger partial charge on any atom is -0.343 e. The summed E-state index contributed by atoms with van der Waals surface area (Å²) in [5.41, 5.74) is 6.00. The summed E-state index contributed by atoms with van der Waals surface area (Å²) in [6.45, 7) is 3.46. The Hall–Kier alpha value is -1.79. The predicted molar refractivity (Wildman–Crippen MR) is 79.5 cm³/mol. The average Bonchev–Trinajstić information content (AvgIpc) is 2.68. The first-order valence-corrected chi connectivity index (χ1v) is 7.59. The third-order valence-electron chi connectivity index (χ3n) is 4.81. The van der Waals surface area contributed by atoms with E-state index in [1.165, 1.54) is 42.1 Å². The van der Waals surface area contributed by atoms with Crippen molar-refractivity contribution in [1.82, 2.24) is 9.47 Å². The molecule has 0 fully saturated rings. The fraction of sp³-hybridized carbons (Fsp3) is 0.471. The summed E-state index contributed by atoms with van der Waals surface area (Å²) >= 11 is 0. The van der Waals surface area contributed by atoms with Crippen molar-refractivity contribution < 1.29 is 0 Å². The summed E-state index contributed by atoms with van der Waals surface area (Å²) in [6, 6.07) is 9.01. The van der Waals surface area contributed by atoms with Gasteiger partial charge in [-0.15, -0.1) is 0 Å². The number of para-hydroxylation sites is 1. The summed E-state index contributed by atoms with van der Waals surface area (Å²) in [7, 11) is 0. The first-order valence-electron chi connectivity index (χ1n) is 7.59. The van der Waals surface area contributed by atoms with Gasteiger partial charge < -0.3 is 4.57 Å². The lowest BCUT2D eigenvalue weighted by molar-refractivity contribution is 0.293. The van der Waals surface area contributed by atoms with Gasteiger partial charge in [0.15, 0.2) is 0 Å². The summed E-state index contributed by atoms with van der Waals surface area (Å²) in [5.74, 6) is 0. The molecule has 2 aromatic rings. The molecule has 1 aliphatic heterocycles. The molecule has 2 aliphatic rings. The second-order valence-corrected chi connectivity index (χ2v) is 5.97. The Morgan fingerprint density at radius 1 is 1.15 bits per heavy atom. The average molecular weight is 265 g/mol. The molecule has 0 N–H and O–H groups in total. The number of hydrogen-bond acceptors (Lipinski definition) is 2. The summed E-state index contributed by atoms with van der Waals surface area (Å²) in [4.78, 5) is 2.26. The molecule has 0 saturated carbocycles. The molecule has 0 bridgehead atoms. The van der Waals surface area contributed by atoms with Crippen LogP contribution in [0.5, 0.6) is 0 Å². The zero-order valence-electron chi connectivity index (χ0n) is 11.7. The molecule has 20 heavy (non-hydrogen) atoms.